The van der Waals surface area contributed by atoms with Crippen LogP contribution in [0.1, 0.15) is 21.7 Å². The summed E-state index contributed by atoms with van der Waals surface area (Å²) >= 11 is 0. The van der Waals surface area contributed by atoms with Gasteiger partial charge in [0.15, 0.2) is 6.29 Å². The highest BCUT2D eigenvalue weighted by molar-refractivity contribution is 5.76. The van der Waals surface area contributed by atoms with Crippen LogP contribution >= 0.6 is 0 Å². The van der Waals surface area contributed by atoms with Crippen molar-refractivity contribution in [1.82, 2.24) is 9.55 Å². The molecule has 0 atom stereocenters. The van der Waals surface area contributed by atoms with E-state index in [4.69, 9.17) is 0 Å². The zero-order valence-corrected chi connectivity index (χ0v) is 11.0. The van der Waals surface area contributed by atoms with E-state index in [1.807, 2.05) is 35.9 Å². The van der Waals surface area contributed by atoms with Gasteiger partial charge in [-0.25, -0.2) is 9.37 Å². The molecule has 0 aliphatic heterocycles. The molecule has 0 aliphatic carbocycles. The number of hydrogen-bond acceptors (Lipinski definition) is 2. The molecule has 0 saturated carbocycles. The fraction of sp³-hybridized carbons (Fsp3) is 0.125. The van der Waals surface area contributed by atoms with Gasteiger partial charge in [0.2, 0.25) is 0 Å². The lowest BCUT2D eigenvalue weighted by molar-refractivity contribution is 0.112. The van der Waals surface area contributed by atoms with Crippen LogP contribution in [-0.2, 0) is 13.5 Å². The van der Waals surface area contributed by atoms with Gasteiger partial charge >= 0.3 is 0 Å². The predicted molar refractivity (Wildman–Crippen MR) is 75.3 cm³/mol. The summed E-state index contributed by atoms with van der Waals surface area (Å²) in [6.45, 7) is 0. The first-order chi connectivity index (χ1) is 9.69. The Morgan fingerprint density at radius 2 is 2.05 bits per heavy atom. The van der Waals surface area contributed by atoms with Crippen molar-refractivity contribution in [3.63, 3.8) is 0 Å². The molecule has 0 saturated heterocycles. The Hall–Kier alpha value is -2.49. The Bertz CT molecular complexity index is 792. The number of halogens is 1. The smallest absolute Gasteiger partial charge is 0.152 e. The van der Waals surface area contributed by atoms with Gasteiger partial charge in [-0.3, -0.25) is 4.79 Å². The van der Waals surface area contributed by atoms with Gasteiger partial charge in [-0.05, 0) is 29.8 Å². The second-order valence-electron chi connectivity index (χ2n) is 4.73. The van der Waals surface area contributed by atoms with Gasteiger partial charge in [0, 0.05) is 13.5 Å². The zero-order chi connectivity index (χ0) is 14.1. The minimum Gasteiger partial charge on any atom is -0.331 e. The van der Waals surface area contributed by atoms with Gasteiger partial charge < -0.3 is 4.57 Å². The van der Waals surface area contributed by atoms with Crippen LogP contribution in [-0.4, -0.2) is 15.8 Å². The SMILES string of the molecule is Cn1c(Cc2ccc(C=O)c(F)c2)nc2ccccc21. The summed E-state index contributed by atoms with van der Waals surface area (Å²) in [6.07, 6.45) is 1.05. The van der Waals surface area contributed by atoms with Crippen LogP contribution in [0.4, 0.5) is 4.39 Å². The van der Waals surface area contributed by atoms with E-state index < -0.39 is 5.82 Å². The van der Waals surface area contributed by atoms with Crippen molar-refractivity contribution in [1.29, 1.82) is 0 Å². The Morgan fingerprint density at radius 3 is 2.75 bits per heavy atom. The van der Waals surface area contributed by atoms with Crippen LogP contribution in [0.15, 0.2) is 42.5 Å². The molecule has 1 heterocycles. The van der Waals surface area contributed by atoms with Crippen molar-refractivity contribution in [3.05, 3.63) is 65.2 Å². The van der Waals surface area contributed by atoms with Crippen molar-refractivity contribution in [2.24, 2.45) is 7.05 Å². The van der Waals surface area contributed by atoms with Gasteiger partial charge in [-0.15, -0.1) is 0 Å². The fourth-order valence-corrected chi connectivity index (χ4v) is 2.31. The lowest BCUT2D eigenvalue weighted by Gasteiger charge is -2.04. The largest absolute Gasteiger partial charge is 0.331 e. The molecule has 0 unspecified atom stereocenters. The van der Waals surface area contributed by atoms with E-state index in [1.165, 1.54) is 12.1 Å². The maximum Gasteiger partial charge on any atom is 0.152 e. The van der Waals surface area contributed by atoms with Crippen LogP contribution in [0.3, 0.4) is 0 Å². The molecule has 0 N–H and O–H groups in total. The maximum absolute atomic E-state index is 13.6. The third-order valence-corrected chi connectivity index (χ3v) is 3.43. The molecular formula is C16H13FN2O. The number of carbonyl (C=O) groups excluding carboxylic acids is 1. The fourth-order valence-electron chi connectivity index (χ4n) is 2.31. The summed E-state index contributed by atoms with van der Waals surface area (Å²) in [5.74, 6) is 0.376. The molecule has 0 fully saturated rings. The van der Waals surface area contributed by atoms with E-state index in [-0.39, 0.29) is 5.56 Å². The molecule has 3 rings (SSSR count). The van der Waals surface area contributed by atoms with Crippen LogP contribution < -0.4 is 0 Å². The molecule has 0 aliphatic rings. The van der Waals surface area contributed by atoms with Crippen LogP contribution in [0.2, 0.25) is 0 Å². The molecule has 1 aromatic heterocycles. The van der Waals surface area contributed by atoms with Crippen molar-refractivity contribution < 1.29 is 9.18 Å². The number of benzene rings is 2. The van der Waals surface area contributed by atoms with Gasteiger partial charge in [0.1, 0.15) is 11.6 Å². The highest BCUT2D eigenvalue weighted by atomic mass is 19.1. The molecule has 100 valence electrons. The second kappa shape index (κ2) is 4.89. The molecule has 3 aromatic rings. The van der Waals surface area contributed by atoms with Crippen molar-refractivity contribution in [3.8, 4) is 0 Å². The van der Waals surface area contributed by atoms with Gasteiger partial charge in [0.25, 0.3) is 0 Å². The van der Waals surface area contributed by atoms with Crippen LogP contribution in [0.25, 0.3) is 11.0 Å². The van der Waals surface area contributed by atoms with Crippen molar-refractivity contribution in [2.75, 3.05) is 0 Å². The maximum atomic E-state index is 13.6. The topological polar surface area (TPSA) is 34.9 Å². The van der Waals surface area contributed by atoms with E-state index in [9.17, 15) is 9.18 Å². The highest BCUT2D eigenvalue weighted by Crippen LogP contribution is 2.18. The Morgan fingerprint density at radius 1 is 1.25 bits per heavy atom. The lowest BCUT2D eigenvalue weighted by Crippen LogP contribution is -2.00. The first-order valence-electron chi connectivity index (χ1n) is 6.33. The number of carbonyl (C=O) groups is 1. The van der Waals surface area contributed by atoms with Crippen molar-refractivity contribution in [2.45, 2.75) is 6.42 Å². The Labute approximate surface area is 115 Å². The summed E-state index contributed by atoms with van der Waals surface area (Å²) in [4.78, 5) is 15.2. The van der Waals surface area contributed by atoms with Gasteiger partial charge in [0.05, 0.1) is 16.6 Å². The molecule has 0 bridgehead atoms. The monoisotopic (exact) mass is 268 g/mol. The number of aryl methyl sites for hydroxylation is 1. The van der Waals surface area contributed by atoms with E-state index in [1.54, 1.807) is 6.07 Å². The van der Waals surface area contributed by atoms with Crippen LogP contribution in [0, 0.1) is 5.82 Å². The second-order valence-corrected chi connectivity index (χ2v) is 4.73. The molecule has 20 heavy (non-hydrogen) atoms. The highest BCUT2D eigenvalue weighted by Gasteiger charge is 2.09. The number of para-hydroxylation sites is 2. The zero-order valence-electron chi connectivity index (χ0n) is 11.0. The van der Waals surface area contributed by atoms with E-state index in [0.717, 1.165) is 22.4 Å². The van der Waals surface area contributed by atoms with E-state index >= 15 is 0 Å². The minimum atomic E-state index is -0.490. The normalized spacial score (nSPS) is 10.9. The average molecular weight is 268 g/mol. The Balaban J connectivity index is 1.99. The van der Waals surface area contributed by atoms with E-state index in [2.05, 4.69) is 4.98 Å². The lowest BCUT2D eigenvalue weighted by atomic mass is 10.1. The van der Waals surface area contributed by atoms with Crippen LogP contribution in [0.5, 0.6) is 0 Å². The molecule has 3 nitrogen and oxygen atoms in total. The van der Waals surface area contributed by atoms with E-state index in [0.29, 0.717) is 12.7 Å². The minimum absolute atomic E-state index is 0.0822. The standard InChI is InChI=1S/C16H13FN2O/c1-19-15-5-3-2-4-14(15)18-16(19)9-11-6-7-12(10-20)13(17)8-11/h2-8,10H,9H2,1H3. The third-order valence-electron chi connectivity index (χ3n) is 3.43. The van der Waals surface area contributed by atoms with Gasteiger partial charge in [-0.1, -0.05) is 18.2 Å². The third kappa shape index (κ3) is 2.09. The average Bonchev–Trinajstić information content (AvgIpc) is 2.76. The number of fused-ring (bicyclic) bond motifs is 1. The first-order valence-corrected chi connectivity index (χ1v) is 6.33. The number of hydrogen-bond donors (Lipinski definition) is 0. The number of aldehydes is 1. The Kier molecular flexibility index (Phi) is 3.06. The molecule has 0 spiro atoms. The van der Waals surface area contributed by atoms with Gasteiger partial charge in [-0.2, -0.15) is 0 Å². The number of imidazole rings is 1. The summed E-state index contributed by atoms with van der Waals surface area (Å²) < 4.78 is 15.6. The first kappa shape index (κ1) is 12.5. The number of aromatic nitrogens is 2. The quantitative estimate of drug-likeness (QED) is 0.684. The number of nitrogens with zero attached hydrogens (tertiary/aromatic N) is 2. The summed E-state index contributed by atoms with van der Waals surface area (Å²) in [5, 5.41) is 0. The molecule has 2 aromatic carbocycles. The summed E-state index contributed by atoms with van der Waals surface area (Å²) in [7, 11) is 1.95. The summed E-state index contributed by atoms with van der Waals surface area (Å²) in [5.41, 5.74) is 2.85. The summed E-state index contributed by atoms with van der Waals surface area (Å²) in [6, 6.07) is 12.5. The molecular weight excluding hydrogens is 255 g/mol. The molecule has 0 amide bonds. The van der Waals surface area contributed by atoms with Crippen molar-refractivity contribution >= 4 is 17.3 Å². The number of rotatable bonds is 3. The molecule has 4 heteroatoms. The molecule has 0 radical (unpaired) electrons. The predicted octanol–water partition coefficient (Wildman–Crippen LogP) is 3.12.